The molecular formula is H5Be2Cu2O. The van der Waals surface area contributed by atoms with Crippen LogP contribution in [0.15, 0.2) is 0 Å². The molecule has 37 valence electrons. The van der Waals surface area contributed by atoms with Crippen LogP contribution in [0.5, 0.6) is 0 Å². The van der Waals surface area contributed by atoms with Crippen molar-refractivity contribution in [3.63, 3.8) is 0 Å². The summed E-state index contributed by atoms with van der Waals surface area (Å²) in [5, 5.41) is 0. The van der Waals surface area contributed by atoms with Crippen molar-refractivity contribution in [1.29, 1.82) is 0 Å². The van der Waals surface area contributed by atoms with Crippen molar-refractivity contribution in [3.8, 4) is 0 Å². The molecule has 0 spiro atoms. The van der Waals surface area contributed by atoms with Crippen molar-refractivity contribution in [2.24, 2.45) is 0 Å². The summed E-state index contributed by atoms with van der Waals surface area (Å²) in [6.07, 6.45) is 0. The molecule has 0 amide bonds. The van der Waals surface area contributed by atoms with E-state index in [-0.39, 0.29) is 37.3 Å². The van der Waals surface area contributed by atoms with Crippen LogP contribution in [0, 0.1) is 0 Å². The molecule has 0 aliphatic heterocycles. The molecule has 1 nitrogen and oxygen atoms in total. The molecule has 5 heteroatoms. The van der Waals surface area contributed by atoms with E-state index in [4.69, 9.17) is 4.19 Å². The molecular weight excluding hydrogens is 161 g/mol. The van der Waals surface area contributed by atoms with E-state index in [1.54, 1.807) is 0 Å². The molecule has 0 fully saturated rings. The zero-order valence-electron chi connectivity index (χ0n) is 1.05. The van der Waals surface area contributed by atoms with E-state index >= 15 is 0 Å². The second-order valence-corrected chi connectivity index (χ2v) is 0. The van der Waals surface area contributed by atoms with Crippen LogP contribution in [-0.2, 0) is 33.4 Å². The van der Waals surface area contributed by atoms with Gasteiger partial charge in [-0.05, 0) is 0 Å². The zero-order valence-corrected chi connectivity index (χ0v) is 2.93. The van der Waals surface area contributed by atoms with E-state index in [9.17, 15) is 0 Å². The van der Waals surface area contributed by atoms with Crippen molar-refractivity contribution < 1.29 is 37.6 Å². The fourth-order valence-electron chi connectivity index (χ4n) is 0. The van der Waals surface area contributed by atoms with Crippen LogP contribution in [0.25, 0.3) is 0 Å². The molecule has 0 bridgehead atoms. The van der Waals surface area contributed by atoms with E-state index in [0.717, 1.165) is 0 Å². The van der Waals surface area contributed by atoms with Gasteiger partial charge in [-0.3, -0.25) is 0 Å². The second-order valence-electron chi connectivity index (χ2n) is 0. The Hall–Kier alpha value is 1.34. The first-order valence-corrected chi connectivity index (χ1v) is 0.556. The Morgan fingerprint density at radius 3 is 1.00 bits per heavy atom. The van der Waals surface area contributed by atoms with Crippen molar-refractivity contribution in [2.45, 2.75) is 0 Å². The summed E-state index contributed by atoms with van der Waals surface area (Å²) in [7, 11) is 0. The Labute approximate surface area is 58.0 Å². The van der Waals surface area contributed by atoms with Gasteiger partial charge in [0.1, 0.15) is 0 Å². The quantitative estimate of drug-likeness (QED) is 0.398. The Balaban J connectivity index is -0.00000000167. The van der Waals surface area contributed by atoms with Gasteiger partial charge in [0.05, 0.1) is 0 Å². The molecule has 1 N–H and O–H groups in total. The van der Waals surface area contributed by atoms with Gasteiger partial charge >= 0.3 is 40.8 Å². The van der Waals surface area contributed by atoms with Gasteiger partial charge in [0.2, 0.25) is 0 Å². The van der Waals surface area contributed by atoms with Crippen LogP contribution in [0.3, 0.4) is 0 Å². The Bertz CT molecular complexity index is 7.61. The first-order chi connectivity index (χ1) is 1.00. The van der Waals surface area contributed by atoms with E-state index in [1.807, 2.05) is 0 Å². The molecule has 0 heterocycles. The van der Waals surface area contributed by atoms with Crippen molar-refractivity contribution in [3.05, 3.63) is 0 Å². The van der Waals surface area contributed by atoms with Crippen molar-refractivity contribution >= 4 is 20.2 Å². The Kier molecular flexibility index (Phi) is 371. The second kappa shape index (κ2) is 56.2. The minimum atomic E-state index is 0. The van der Waals surface area contributed by atoms with E-state index in [1.165, 1.54) is 0 Å². The molecule has 5 heavy (non-hydrogen) atoms. The van der Waals surface area contributed by atoms with E-state index in [0.29, 0.717) is 0 Å². The summed E-state index contributed by atoms with van der Waals surface area (Å²) < 4.78 is 6.56. The summed E-state index contributed by atoms with van der Waals surface area (Å²) in [5.41, 5.74) is 0. The molecule has 0 aromatic heterocycles. The van der Waals surface area contributed by atoms with Gasteiger partial charge in [0.15, 0.2) is 0 Å². The maximum absolute atomic E-state index is 6.56. The monoisotopic (exact) mass is 165 g/mol. The topological polar surface area (TPSA) is 20.2 Å². The fraction of sp³-hybridized carbons (Fsp3) is 0. The summed E-state index contributed by atoms with van der Waals surface area (Å²) in [6.45, 7) is 0. The van der Waals surface area contributed by atoms with Gasteiger partial charge in [-0.2, -0.15) is 0 Å². The molecule has 0 aromatic carbocycles. The molecule has 0 saturated heterocycles. The van der Waals surface area contributed by atoms with E-state index < -0.39 is 0 Å². The van der Waals surface area contributed by atoms with Crippen molar-refractivity contribution in [2.75, 3.05) is 0 Å². The SMILES string of the molecule is [BeH2].[BeH2].[Cu].[OH][Cu]. The number of rotatable bonds is 0. The summed E-state index contributed by atoms with van der Waals surface area (Å²) in [4.78, 5) is 0. The van der Waals surface area contributed by atoms with Gasteiger partial charge < -0.3 is 0 Å². The third kappa shape index (κ3) is 33.3. The average Bonchev–Trinajstić information content (AvgIpc) is 1.00. The first kappa shape index (κ1) is 33.1. The van der Waals surface area contributed by atoms with Crippen LogP contribution < -0.4 is 0 Å². The zero-order chi connectivity index (χ0) is 2.00. The van der Waals surface area contributed by atoms with Gasteiger partial charge in [-0.25, -0.2) is 0 Å². The predicted molar refractivity (Wildman–Crippen MR) is 19.3 cm³/mol. The Morgan fingerprint density at radius 2 is 1.00 bits per heavy atom. The van der Waals surface area contributed by atoms with Crippen LogP contribution in [0.2, 0.25) is 0 Å². The normalized spacial score (nSPS) is 1.40. The van der Waals surface area contributed by atoms with Crippen LogP contribution >= 0.6 is 0 Å². The van der Waals surface area contributed by atoms with Gasteiger partial charge in [0, 0.05) is 17.1 Å². The van der Waals surface area contributed by atoms with Gasteiger partial charge in [-0.1, -0.05) is 0 Å². The molecule has 0 aromatic rings. The molecule has 0 rings (SSSR count). The van der Waals surface area contributed by atoms with Gasteiger partial charge in [-0.15, -0.1) is 0 Å². The van der Waals surface area contributed by atoms with E-state index in [2.05, 4.69) is 16.3 Å². The van der Waals surface area contributed by atoms with Crippen LogP contribution in [0.1, 0.15) is 0 Å². The molecule has 0 saturated carbocycles. The third-order valence-electron chi connectivity index (χ3n) is 0. The minimum absolute atomic E-state index is 0. The fourth-order valence-corrected chi connectivity index (χ4v) is 0. The first-order valence-electron chi connectivity index (χ1n) is 0.135. The number of hydrogen-bond donors (Lipinski definition) is 1. The summed E-state index contributed by atoms with van der Waals surface area (Å²) in [6, 6.07) is 0. The number of hydrogen-bond acceptors (Lipinski definition) is 1. The molecule has 0 unspecified atom stereocenters. The van der Waals surface area contributed by atoms with Gasteiger partial charge in [0.25, 0.3) is 0 Å². The predicted octanol–water partition coefficient (Wildman–Crippen LogP) is -2.39. The maximum atomic E-state index is 6.56. The summed E-state index contributed by atoms with van der Waals surface area (Å²) in [5.74, 6) is 0. The molecule has 0 aliphatic carbocycles. The van der Waals surface area contributed by atoms with Crippen LogP contribution in [-0.4, -0.2) is 24.4 Å². The average molecular weight is 166 g/mol. The molecule has 1 radical (unpaired) electrons. The van der Waals surface area contributed by atoms with Crippen LogP contribution in [0.4, 0.5) is 0 Å². The molecule has 0 atom stereocenters. The third-order valence-corrected chi connectivity index (χ3v) is 0. The van der Waals surface area contributed by atoms with Crippen molar-refractivity contribution in [1.82, 2.24) is 0 Å². The standard InChI is InChI=1S/2Be.2Cu.H2O.4H/h;;;;1H2;;;;/q;;;+1;;;;;/p-1. The molecule has 0 aliphatic rings. The summed E-state index contributed by atoms with van der Waals surface area (Å²) >= 11 is 3.19. The Morgan fingerprint density at radius 1 is 1.00 bits per heavy atom.